The lowest BCUT2D eigenvalue weighted by molar-refractivity contribution is -0.809. The van der Waals surface area contributed by atoms with Gasteiger partial charge in [0, 0.05) is 5.38 Å². The number of halogens is 2. The summed E-state index contributed by atoms with van der Waals surface area (Å²) in [7, 11) is 3.79. The summed E-state index contributed by atoms with van der Waals surface area (Å²) in [6.07, 6.45) is 19.8. The van der Waals surface area contributed by atoms with E-state index in [1.165, 1.54) is 77.0 Å². The number of aliphatic hydroxyl groups is 1. The molecule has 3 unspecified atom stereocenters. The quantitative estimate of drug-likeness (QED) is 0.122. The molecule has 0 radical (unpaired) electrons. The summed E-state index contributed by atoms with van der Waals surface area (Å²) in [4.78, 5) is 13.0. The molecule has 5 heteroatoms. The van der Waals surface area contributed by atoms with Crippen LogP contribution >= 0.6 is 11.6 Å². The Morgan fingerprint density at radius 1 is 0.935 bits per heavy atom. The molecule has 0 saturated carbocycles. The van der Waals surface area contributed by atoms with Crippen LogP contribution in [0.25, 0.3) is 0 Å². The molecule has 0 bridgehead atoms. The van der Waals surface area contributed by atoms with Crippen LogP contribution in [0.15, 0.2) is 12.7 Å². The average Bonchev–Trinajstić information content (AvgIpc) is 2.68. The zero-order chi connectivity index (χ0) is 22.8. The first-order valence-corrected chi connectivity index (χ1v) is 13.0. The highest BCUT2D eigenvalue weighted by atomic mass is 35.5. The highest BCUT2D eigenvalue weighted by molar-refractivity contribution is 6.21. The van der Waals surface area contributed by atoms with Gasteiger partial charge in [0.15, 0.2) is 0 Å². The molecule has 0 fully saturated rings. The van der Waals surface area contributed by atoms with Crippen molar-refractivity contribution < 1.29 is 26.8 Å². The minimum atomic E-state index is -0.518. The van der Waals surface area contributed by atoms with Gasteiger partial charge in [-0.05, 0) is 25.8 Å². The van der Waals surface area contributed by atoms with Crippen LogP contribution in [0.3, 0.4) is 0 Å². The lowest BCUT2D eigenvalue weighted by Gasteiger charge is -2.32. The van der Waals surface area contributed by atoms with E-state index in [2.05, 4.69) is 13.5 Å². The van der Waals surface area contributed by atoms with Crippen molar-refractivity contribution in [2.45, 2.75) is 122 Å². The zero-order valence-corrected chi connectivity index (χ0v) is 22.4. The topological polar surface area (TPSA) is 37.3 Å². The van der Waals surface area contributed by atoms with E-state index in [0.717, 1.165) is 12.8 Å². The number of alkyl halides is 1. The summed E-state index contributed by atoms with van der Waals surface area (Å²) in [5.41, 5.74) is 0. The van der Waals surface area contributed by atoms with E-state index >= 15 is 0 Å². The molecule has 0 saturated heterocycles. The van der Waals surface area contributed by atoms with Gasteiger partial charge in [0.05, 0.1) is 26.1 Å². The molecule has 0 aliphatic rings. The van der Waals surface area contributed by atoms with Gasteiger partial charge in [-0.1, -0.05) is 97.0 Å². The summed E-state index contributed by atoms with van der Waals surface area (Å²) in [5, 5.41) is 9.66. The van der Waals surface area contributed by atoms with Crippen LogP contribution in [0.1, 0.15) is 110 Å². The van der Waals surface area contributed by atoms with Crippen LogP contribution in [0.4, 0.5) is 0 Å². The van der Waals surface area contributed by atoms with Crippen molar-refractivity contribution in [3.8, 4) is 0 Å². The summed E-state index contributed by atoms with van der Waals surface area (Å²) in [6.45, 7) is 8.35. The lowest BCUT2D eigenvalue weighted by atomic mass is 9.92. The molecule has 1 N–H and O–H groups in total. The zero-order valence-electron chi connectivity index (χ0n) is 20.9. The minimum absolute atomic E-state index is 0. The van der Waals surface area contributed by atoms with Crippen LogP contribution < -0.4 is 12.4 Å². The second-order valence-electron chi connectivity index (χ2n) is 9.73. The fraction of sp³-hybridized carbons (Fsp3) is 0.885. The first-order chi connectivity index (χ1) is 14.3. The number of unbranched alkanes of at least 4 members (excludes halogenated alkanes) is 12. The number of nitrogens with zero attached hydrogens (tertiary/aromatic N) is 1. The highest BCUT2D eigenvalue weighted by Crippen LogP contribution is 2.26. The van der Waals surface area contributed by atoms with E-state index in [9.17, 15) is 9.90 Å². The predicted octanol–water partition coefficient (Wildman–Crippen LogP) is 4.26. The third kappa shape index (κ3) is 17.1. The molecule has 0 rings (SSSR count). The van der Waals surface area contributed by atoms with Gasteiger partial charge in [-0.15, -0.1) is 11.6 Å². The van der Waals surface area contributed by atoms with Gasteiger partial charge in [-0.2, -0.15) is 0 Å². The molecule has 0 aliphatic carbocycles. The molecule has 186 valence electrons. The van der Waals surface area contributed by atoms with Crippen LogP contribution in [-0.4, -0.2) is 47.6 Å². The van der Waals surface area contributed by atoms with E-state index in [1.54, 1.807) is 13.0 Å². The average molecular weight is 481 g/mol. The fourth-order valence-corrected chi connectivity index (χ4v) is 4.56. The molecule has 3 nitrogen and oxygen atoms in total. The molecule has 31 heavy (non-hydrogen) atoms. The Labute approximate surface area is 205 Å². The summed E-state index contributed by atoms with van der Waals surface area (Å²) in [5.74, 6) is -0.204. The van der Waals surface area contributed by atoms with Gasteiger partial charge < -0.3 is 17.5 Å². The Morgan fingerprint density at radius 2 is 1.35 bits per heavy atom. The number of carbonyl (C=O) groups excluding carboxylic acids is 1. The Hall–Kier alpha value is -0.0900. The van der Waals surface area contributed by atoms with Crippen LogP contribution in [-0.2, 0) is 4.79 Å². The maximum Gasteiger partial charge on any atom is 0.318 e. The van der Waals surface area contributed by atoms with Gasteiger partial charge in [0.2, 0.25) is 0 Å². The number of quaternary nitrogens is 1. The molecular formula is C26H51Cl2NO2. The second-order valence-corrected chi connectivity index (χ2v) is 10.3. The minimum Gasteiger partial charge on any atom is -1.00 e. The Bertz CT molecular complexity index is 441. The summed E-state index contributed by atoms with van der Waals surface area (Å²) >= 11 is 6.67. The van der Waals surface area contributed by atoms with Gasteiger partial charge in [0.1, 0.15) is 6.54 Å². The van der Waals surface area contributed by atoms with E-state index in [4.69, 9.17) is 11.6 Å². The van der Waals surface area contributed by atoms with Crippen LogP contribution in [0.2, 0.25) is 0 Å². The largest absolute Gasteiger partial charge is 1.00 e. The molecule has 0 heterocycles. The van der Waals surface area contributed by atoms with Gasteiger partial charge >= 0.3 is 5.91 Å². The number of hydrogen-bond donors (Lipinski definition) is 1. The number of rotatable bonds is 20. The molecular weight excluding hydrogens is 429 g/mol. The van der Waals surface area contributed by atoms with Gasteiger partial charge in [-0.3, -0.25) is 4.48 Å². The Kier molecular flexibility index (Phi) is 21.9. The maximum atomic E-state index is 13.0. The van der Waals surface area contributed by atoms with Gasteiger partial charge in [-0.25, -0.2) is 4.79 Å². The smallest absolute Gasteiger partial charge is 0.318 e. The molecule has 0 aliphatic heterocycles. The number of aliphatic hydroxyl groups excluding tert-OH is 1. The van der Waals surface area contributed by atoms with Crippen molar-refractivity contribution in [1.82, 2.24) is 0 Å². The first-order valence-electron chi connectivity index (χ1n) is 12.6. The predicted molar refractivity (Wildman–Crippen MR) is 132 cm³/mol. The Balaban J connectivity index is 0. The standard InChI is InChI=1S/C26H51ClNO2.ClH/c1-6-8-9-10-11-12-13-14-15-16-17-18-19-20-25(27)24(22-23(3)29)26(30)28(4,5)21-7-2;/h7,23-25,29H,2,6,8-22H2,1,3-5H3;1H/q+1;/p-1. The van der Waals surface area contributed by atoms with Crippen molar-refractivity contribution in [1.29, 1.82) is 0 Å². The lowest BCUT2D eigenvalue weighted by Crippen LogP contribution is -3.00. The molecule has 0 aromatic rings. The molecule has 0 spiro atoms. The number of amides is 1. The van der Waals surface area contributed by atoms with Crippen LogP contribution in [0.5, 0.6) is 0 Å². The van der Waals surface area contributed by atoms with E-state index in [-0.39, 0.29) is 34.1 Å². The van der Waals surface area contributed by atoms with E-state index in [0.29, 0.717) is 13.0 Å². The molecule has 0 aromatic carbocycles. The van der Waals surface area contributed by atoms with Crippen molar-refractivity contribution in [3.05, 3.63) is 12.7 Å². The monoisotopic (exact) mass is 479 g/mol. The summed E-state index contributed by atoms with van der Waals surface area (Å²) in [6, 6.07) is 0. The maximum absolute atomic E-state index is 13.0. The third-order valence-corrected chi connectivity index (χ3v) is 6.64. The van der Waals surface area contributed by atoms with Crippen molar-refractivity contribution in [2.75, 3.05) is 20.6 Å². The number of likely N-dealkylation sites (N-methyl/N-ethyl adjacent to an activating group) is 1. The number of hydrogen-bond acceptors (Lipinski definition) is 2. The van der Waals surface area contributed by atoms with Crippen molar-refractivity contribution >= 4 is 17.5 Å². The third-order valence-electron chi connectivity index (χ3n) is 6.11. The van der Waals surface area contributed by atoms with Crippen LogP contribution in [0, 0.1) is 5.92 Å². The fourth-order valence-electron chi connectivity index (χ4n) is 4.19. The van der Waals surface area contributed by atoms with Gasteiger partial charge in [0.25, 0.3) is 0 Å². The normalized spacial score (nSPS) is 14.5. The van der Waals surface area contributed by atoms with E-state index < -0.39 is 6.10 Å². The molecule has 1 amide bonds. The van der Waals surface area contributed by atoms with Crippen molar-refractivity contribution in [3.63, 3.8) is 0 Å². The Morgan fingerprint density at radius 3 is 1.74 bits per heavy atom. The van der Waals surface area contributed by atoms with Crippen molar-refractivity contribution in [2.24, 2.45) is 5.92 Å². The SMILES string of the molecule is C=CC[N+](C)(C)C(=O)C(CC(C)O)C(Cl)CCCCCCCCCCCCCCC.[Cl-]. The second kappa shape index (κ2) is 20.5. The molecule has 0 aromatic heterocycles. The highest BCUT2D eigenvalue weighted by Gasteiger charge is 2.38. The molecule has 3 atom stereocenters. The van der Waals surface area contributed by atoms with E-state index in [1.807, 2.05) is 14.1 Å². The first kappa shape index (κ1) is 33.1. The summed E-state index contributed by atoms with van der Waals surface area (Å²) < 4.78 is 0.239. The number of carbonyl (C=O) groups is 1.